The van der Waals surface area contributed by atoms with Crippen LogP contribution in [0.25, 0.3) is 0 Å². The lowest BCUT2D eigenvalue weighted by Crippen LogP contribution is -2.18. The van der Waals surface area contributed by atoms with Gasteiger partial charge in [0.25, 0.3) is 0 Å². The van der Waals surface area contributed by atoms with Crippen molar-refractivity contribution in [2.45, 2.75) is 75.0 Å². The Morgan fingerprint density at radius 3 is 0.877 bits per heavy atom. The van der Waals surface area contributed by atoms with Crippen molar-refractivity contribution in [3.05, 3.63) is 145 Å². The molecule has 0 spiro atoms. The van der Waals surface area contributed by atoms with Gasteiger partial charge in [-0.3, -0.25) is 0 Å². The smallest absolute Gasteiger partial charge is 0.493 e. The van der Waals surface area contributed by atoms with Crippen molar-refractivity contribution < 1.29 is 54.5 Å². The molecular formula is C50H56O12P2S. The molecule has 6 aromatic rings. The zero-order valence-electron chi connectivity index (χ0n) is 38.3. The fourth-order valence-electron chi connectivity index (χ4n) is 6.33. The molecule has 0 amide bonds. The van der Waals surface area contributed by atoms with E-state index in [9.17, 15) is 0 Å². The molecule has 344 valence electrons. The van der Waals surface area contributed by atoms with E-state index in [4.69, 9.17) is 46.1 Å². The quantitative estimate of drug-likeness (QED) is 0.0601. The maximum absolute atomic E-state index is 15.8. The average molecular weight is 943 g/mol. The number of rotatable bonds is 22. The van der Waals surface area contributed by atoms with E-state index in [1.807, 2.05) is 26.0 Å². The summed E-state index contributed by atoms with van der Waals surface area (Å²) in [7, 11) is -3.36. The van der Waals surface area contributed by atoms with Crippen LogP contribution in [0.3, 0.4) is 0 Å². The summed E-state index contributed by atoms with van der Waals surface area (Å²) >= 11 is 0. The Labute approximate surface area is 385 Å². The molecule has 0 aromatic heterocycles. The topological polar surface area (TPSA) is 126 Å². The lowest BCUT2D eigenvalue weighted by molar-refractivity contribution is 0.345. The summed E-state index contributed by atoms with van der Waals surface area (Å²) in [6.45, 7) is 12.3. The van der Waals surface area contributed by atoms with Crippen LogP contribution in [-0.4, -0.2) is 36.9 Å². The van der Waals surface area contributed by atoms with E-state index in [2.05, 4.69) is 27.7 Å². The number of para-hydroxylation sites is 8. The van der Waals surface area contributed by atoms with Crippen LogP contribution in [-0.2, 0) is 20.7 Å². The first-order valence-corrected chi connectivity index (χ1v) is 24.6. The molecule has 0 heterocycles. The van der Waals surface area contributed by atoms with Crippen LogP contribution in [0.2, 0.25) is 0 Å². The van der Waals surface area contributed by atoms with Gasteiger partial charge in [-0.2, -0.15) is 0 Å². The van der Waals surface area contributed by atoms with Crippen LogP contribution in [0.4, 0.5) is 0 Å². The van der Waals surface area contributed by atoms with Crippen molar-refractivity contribution >= 4 is 27.0 Å². The molecule has 6 rings (SSSR count). The molecule has 0 atom stereocenters. The normalized spacial score (nSPS) is 11.8. The number of benzene rings is 6. The minimum absolute atomic E-state index is 0.0273. The van der Waals surface area contributed by atoms with Gasteiger partial charge in [-0.25, -0.2) is 8.42 Å². The molecule has 12 nitrogen and oxygen atoms in total. The molecule has 0 radical (unpaired) electrons. The third kappa shape index (κ3) is 11.5. The SMILES string of the molecule is CCC(C)(C)c1ccc(OP(Oc2ccccc2OC)Oc2ccccc2OC)c(S(=O)(=O)c2cc(C(C)(C)CC)ccc2OP(Oc2ccccc2OC)Oc2ccccc2OC)c1. The highest BCUT2D eigenvalue weighted by atomic mass is 32.2. The predicted octanol–water partition coefficient (Wildman–Crippen LogP) is 13.5. The predicted molar refractivity (Wildman–Crippen MR) is 255 cm³/mol. The lowest BCUT2D eigenvalue weighted by Gasteiger charge is -2.27. The Morgan fingerprint density at radius 1 is 0.385 bits per heavy atom. The van der Waals surface area contributed by atoms with E-state index in [0.29, 0.717) is 58.8 Å². The Morgan fingerprint density at radius 2 is 0.631 bits per heavy atom. The van der Waals surface area contributed by atoms with Crippen molar-refractivity contribution in [1.82, 2.24) is 0 Å². The minimum Gasteiger partial charge on any atom is -0.493 e. The molecule has 0 saturated carbocycles. The second-order valence-corrected chi connectivity index (χ2v) is 19.8. The summed E-state index contributed by atoms with van der Waals surface area (Å²) in [4.78, 5) is -0.290. The molecule has 0 aliphatic rings. The highest BCUT2D eigenvalue weighted by Gasteiger charge is 2.36. The summed E-state index contributed by atoms with van der Waals surface area (Å²) in [5, 5.41) is 0. The second kappa shape index (κ2) is 21.4. The summed E-state index contributed by atoms with van der Waals surface area (Å²) in [5.74, 6) is 2.86. The van der Waals surface area contributed by atoms with Crippen LogP contribution in [0.5, 0.6) is 57.5 Å². The highest BCUT2D eigenvalue weighted by molar-refractivity contribution is 7.91. The van der Waals surface area contributed by atoms with Crippen molar-refractivity contribution in [2.24, 2.45) is 0 Å². The fourth-order valence-corrected chi connectivity index (χ4v) is 10.1. The Balaban J connectivity index is 1.54. The standard InChI is InChI=1S/C50H56O12P2S/c1-11-49(3,4)35-29-31-45(61-63(57-41-25-17-13-21-37(41)53-7)58-42-26-18-14-22-38(42)54-8)47(33-35)65(51,52)48-34-36(50(5,6)12-2)30-32-46(48)62-64(59-43-27-19-15-23-39(43)55-9)60-44-28-20-16-24-40(44)56-10/h13-34H,11-12H2,1-10H3. The van der Waals surface area contributed by atoms with E-state index in [1.165, 1.54) is 28.4 Å². The van der Waals surface area contributed by atoms with E-state index >= 15 is 8.42 Å². The van der Waals surface area contributed by atoms with Crippen LogP contribution < -0.4 is 46.1 Å². The first kappa shape index (κ1) is 48.6. The third-order valence-electron chi connectivity index (χ3n) is 11.1. The first-order chi connectivity index (χ1) is 31.2. The summed E-state index contributed by atoms with van der Waals surface area (Å²) in [6.07, 6.45) is 1.43. The maximum atomic E-state index is 15.8. The van der Waals surface area contributed by atoms with Crippen molar-refractivity contribution in [2.75, 3.05) is 28.4 Å². The number of ether oxygens (including phenoxy) is 4. The first-order valence-electron chi connectivity index (χ1n) is 20.9. The van der Waals surface area contributed by atoms with Gasteiger partial charge in [0, 0.05) is 0 Å². The van der Waals surface area contributed by atoms with E-state index in [-0.39, 0.29) is 21.3 Å². The number of hydrogen-bond acceptors (Lipinski definition) is 12. The zero-order valence-corrected chi connectivity index (χ0v) is 40.9. The van der Waals surface area contributed by atoms with Gasteiger partial charge >= 0.3 is 17.2 Å². The molecule has 0 aliphatic heterocycles. The van der Waals surface area contributed by atoms with Gasteiger partial charge in [-0.1, -0.05) is 102 Å². The Bertz CT molecular complexity index is 2380. The van der Waals surface area contributed by atoms with Gasteiger partial charge in [-0.05, 0) is 108 Å². The molecule has 0 unspecified atom stereocenters. The molecule has 0 aliphatic carbocycles. The van der Waals surface area contributed by atoms with Crippen LogP contribution >= 0.6 is 17.2 Å². The Kier molecular flexibility index (Phi) is 16.0. The molecular weight excluding hydrogens is 887 g/mol. The molecule has 0 bridgehead atoms. The summed E-state index contributed by atoms with van der Waals surface area (Å²) in [6, 6.07) is 38.4. The van der Waals surface area contributed by atoms with Crippen molar-refractivity contribution in [1.29, 1.82) is 0 Å². The van der Waals surface area contributed by atoms with Gasteiger partial charge in [0.15, 0.2) is 46.0 Å². The zero-order chi connectivity index (χ0) is 46.8. The molecule has 65 heavy (non-hydrogen) atoms. The molecule has 0 saturated heterocycles. The fraction of sp³-hybridized carbons (Fsp3) is 0.280. The van der Waals surface area contributed by atoms with Crippen LogP contribution in [0.1, 0.15) is 65.5 Å². The van der Waals surface area contributed by atoms with Crippen molar-refractivity contribution in [3.8, 4) is 57.5 Å². The van der Waals surface area contributed by atoms with Gasteiger partial charge in [0.1, 0.15) is 21.3 Å². The number of hydrogen-bond donors (Lipinski definition) is 0. The monoisotopic (exact) mass is 942 g/mol. The molecule has 15 heteroatoms. The largest absolute Gasteiger partial charge is 0.530 e. The number of methoxy groups -OCH3 is 4. The molecule has 0 fully saturated rings. The van der Waals surface area contributed by atoms with Crippen LogP contribution in [0, 0.1) is 0 Å². The molecule has 6 aromatic carbocycles. The number of sulfone groups is 1. The van der Waals surface area contributed by atoms with Gasteiger partial charge in [-0.15, -0.1) is 0 Å². The van der Waals surface area contributed by atoms with E-state index in [1.54, 1.807) is 121 Å². The van der Waals surface area contributed by atoms with E-state index < -0.39 is 37.9 Å². The van der Waals surface area contributed by atoms with Gasteiger partial charge < -0.3 is 46.1 Å². The average Bonchev–Trinajstić information content (AvgIpc) is 3.32. The summed E-state index contributed by atoms with van der Waals surface area (Å²) in [5.41, 5.74) is 0.668. The maximum Gasteiger partial charge on any atom is 0.530 e. The Hall–Kier alpha value is -5.87. The summed E-state index contributed by atoms with van der Waals surface area (Å²) < 4.78 is 92.9. The second-order valence-electron chi connectivity index (χ2n) is 15.9. The highest BCUT2D eigenvalue weighted by Crippen LogP contribution is 2.52. The molecule has 0 N–H and O–H groups in total. The third-order valence-corrected chi connectivity index (χ3v) is 15.0. The van der Waals surface area contributed by atoms with Crippen molar-refractivity contribution in [3.63, 3.8) is 0 Å². The van der Waals surface area contributed by atoms with Crippen LogP contribution in [0.15, 0.2) is 143 Å². The lowest BCUT2D eigenvalue weighted by atomic mass is 9.82. The van der Waals surface area contributed by atoms with Gasteiger partial charge in [0.05, 0.1) is 28.4 Å². The minimum atomic E-state index is -4.57. The van der Waals surface area contributed by atoms with Gasteiger partial charge in [0.2, 0.25) is 9.84 Å². The van der Waals surface area contributed by atoms with E-state index in [0.717, 1.165) is 11.1 Å².